The molecule has 2 amide bonds. The predicted octanol–water partition coefficient (Wildman–Crippen LogP) is 3.96. The molecule has 3 fully saturated rings. The lowest BCUT2D eigenvalue weighted by Gasteiger charge is -2.26. The zero-order chi connectivity index (χ0) is 18.9. The Bertz CT molecular complexity index is 831. The van der Waals surface area contributed by atoms with Crippen molar-refractivity contribution in [3.8, 4) is 11.3 Å². The Morgan fingerprint density at radius 3 is 2.82 bits per heavy atom. The first-order valence-corrected chi connectivity index (χ1v) is 11.1. The summed E-state index contributed by atoms with van der Waals surface area (Å²) in [6, 6.07) is 8.20. The van der Waals surface area contributed by atoms with Crippen LogP contribution in [-0.2, 0) is 4.74 Å². The number of carbonyl (C=O) groups is 1. The summed E-state index contributed by atoms with van der Waals surface area (Å²) in [6.07, 6.45) is 4.99. The minimum atomic E-state index is -0.0893. The molecule has 0 spiro atoms. The van der Waals surface area contributed by atoms with Crippen LogP contribution in [0, 0.1) is 11.8 Å². The van der Waals surface area contributed by atoms with E-state index in [0.29, 0.717) is 12.0 Å². The smallest absolute Gasteiger partial charge is 0.319 e. The largest absolute Gasteiger partial charge is 0.378 e. The van der Waals surface area contributed by atoms with E-state index in [2.05, 4.69) is 20.9 Å². The van der Waals surface area contributed by atoms with Gasteiger partial charge in [-0.2, -0.15) is 0 Å². The number of fused-ring (bicyclic) bond motifs is 1. The highest BCUT2D eigenvalue weighted by atomic mass is 32.1. The molecule has 7 heteroatoms. The summed E-state index contributed by atoms with van der Waals surface area (Å²) in [5.41, 5.74) is 2.85. The lowest BCUT2D eigenvalue weighted by atomic mass is 9.96. The number of nitrogens with zero attached hydrogens (tertiary/aromatic N) is 2. The van der Waals surface area contributed by atoms with Crippen molar-refractivity contribution in [2.24, 2.45) is 11.8 Å². The fourth-order valence-corrected chi connectivity index (χ4v) is 5.33. The number of rotatable bonds is 4. The Balaban J connectivity index is 1.18. The van der Waals surface area contributed by atoms with E-state index in [1.165, 1.54) is 19.3 Å². The number of benzene rings is 1. The van der Waals surface area contributed by atoms with Gasteiger partial charge in [0.2, 0.25) is 0 Å². The SMILES string of the molecule is O=C(Nc1ccc(-c2csc(N3CCOCC3)n2)cc1)NC1CCCC2CC21. The van der Waals surface area contributed by atoms with Gasteiger partial charge in [0, 0.05) is 35.8 Å². The second kappa shape index (κ2) is 7.72. The highest BCUT2D eigenvalue weighted by molar-refractivity contribution is 7.14. The number of ether oxygens (including phenoxy) is 1. The van der Waals surface area contributed by atoms with Crippen LogP contribution in [0.5, 0.6) is 0 Å². The minimum absolute atomic E-state index is 0.0893. The molecule has 2 aliphatic carbocycles. The predicted molar refractivity (Wildman–Crippen MR) is 112 cm³/mol. The monoisotopic (exact) mass is 398 g/mol. The molecule has 2 saturated carbocycles. The third-order valence-corrected chi connectivity index (χ3v) is 7.01. The quantitative estimate of drug-likeness (QED) is 0.818. The highest BCUT2D eigenvalue weighted by Crippen LogP contribution is 2.49. The lowest BCUT2D eigenvalue weighted by molar-refractivity contribution is 0.122. The van der Waals surface area contributed by atoms with E-state index in [1.54, 1.807) is 11.3 Å². The standard InChI is InChI=1S/C21H26N4O2S/c26-20(23-18-3-1-2-15-12-17(15)18)22-16-6-4-14(5-7-16)19-13-28-21(24-19)25-8-10-27-11-9-25/h4-7,13,15,17-18H,1-3,8-12H2,(H2,22,23,26). The van der Waals surface area contributed by atoms with Gasteiger partial charge in [0.15, 0.2) is 5.13 Å². The van der Waals surface area contributed by atoms with Crippen LogP contribution in [0.4, 0.5) is 15.6 Å². The van der Waals surface area contributed by atoms with E-state index in [-0.39, 0.29) is 6.03 Å². The lowest BCUT2D eigenvalue weighted by Crippen LogP contribution is -2.40. The Labute approximate surface area is 169 Å². The highest BCUT2D eigenvalue weighted by Gasteiger charge is 2.45. The summed E-state index contributed by atoms with van der Waals surface area (Å²) < 4.78 is 5.41. The molecule has 5 rings (SSSR count). The van der Waals surface area contributed by atoms with Gasteiger partial charge in [-0.3, -0.25) is 0 Å². The molecule has 2 aromatic rings. The molecule has 28 heavy (non-hydrogen) atoms. The summed E-state index contributed by atoms with van der Waals surface area (Å²) in [5, 5.41) is 9.28. The number of hydrogen-bond donors (Lipinski definition) is 2. The first-order valence-electron chi connectivity index (χ1n) is 10.2. The maximum absolute atomic E-state index is 12.3. The molecule has 0 radical (unpaired) electrons. The maximum atomic E-state index is 12.3. The molecular weight excluding hydrogens is 372 g/mol. The third kappa shape index (κ3) is 3.86. The molecule has 1 aromatic carbocycles. The molecule has 2 heterocycles. The number of anilines is 2. The van der Waals surface area contributed by atoms with Gasteiger partial charge in [-0.05, 0) is 36.8 Å². The van der Waals surface area contributed by atoms with E-state index in [9.17, 15) is 4.79 Å². The number of thiazole rings is 1. The average Bonchev–Trinajstić information content (AvgIpc) is 3.37. The van der Waals surface area contributed by atoms with Crippen molar-refractivity contribution in [1.29, 1.82) is 0 Å². The van der Waals surface area contributed by atoms with Crippen molar-refractivity contribution in [2.45, 2.75) is 31.7 Å². The fraction of sp³-hybridized carbons (Fsp3) is 0.524. The fourth-order valence-electron chi connectivity index (χ4n) is 4.45. The maximum Gasteiger partial charge on any atom is 0.319 e. The van der Waals surface area contributed by atoms with Gasteiger partial charge >= 0.3 is 6.03 Å². The van der Waals surface area contributed by atoms with Gasteiger partial charge < -0.3 is 20.3 Å². The van der Waals surface area contributed by atoms with Gasteiger partial charge in [-0.25, -0.2) is 9.78 Å². The summed E-state index contributed by atoms with van der Waals surface area (Å²) in [6.45, 7) is 3.32. The van der Waals surface area contributed by atoms with Gasteiger partial charge in [0.05, 0.1) is 18.9 Å². The molecule has 1 aromatic heterocycles. The molecule has 3 atom stereocenters. The third-order valence-electron chi connectivity index (χ3n) is 6.11. The van der Waals surface area contributed by atoms with Crippen molar-refractivity contribution >= 4 is 28.2 Å². The van der Waals surface area contributed by atoms with Gasteiger partial charge in [0.1, 0.15) is 0 Å². The normalized spacial score (nSPS) is 26.4. The molecule has 3 aliphatic rings. The van der Waals surface area contributed by atoms with Crippen molar-refractivity contribution in [2.75, 3.05) is 36.5 Å². The molecule has 1 aliphatic heterocycles. The number of amides is 2. The van der Waals surface area contributed by atoms with Crippen molar-refractivity contribution in [3.05, 3.63) is 29.6 Å². The van der Waals surface area contributed by atoms with E-state index in [1.807, 2.05) is 24.3 Å². The molecule has 1 saturated heterocycles. The second-order valence-electron chi connectivity index (χ2n) is 7.99. The second-order valence-corrected chi connectivity index (χ2v) is 8.82. The average molecular weight is 399 g/mol. The van der Waals surface area contributed by atoms with E-state index in [4.69, 9.17) is 9.72 Å². The molecule has 6 nitrogen and oxygen atoms in total. The molecule has 148 valence electrons. The molecule has 3 unspecified atom stereocenters. The zero-order valence-corrected chi connectivity index (χ0v) is 16.7. The number of aromatic nitrogens is 1. The summed E-state index contributed by atoms with van der Waals surface area (Å²) in [5.74, 6) is 1.58. The van der Waals surface area contributed by atoms with E-state index < -0.39 is 0 Å². The van der Waals surface area contributed by atoms with Gasteiger partial charge in [-0.1, -0.05) is 25.0 Å². The molecular formula is C21H26N4O2S. The van der Waals surface area contributed by atoms with Crippen LogP contribution < -0.4 is 15.5 Å². The van der Waals surface area contributed by atoms with Crippen LogP contribution in [0.1, 0.15) is 25.7 Å². The van der Waals surface area contributed by atoms with Gasteiger partial charge in [0.25, 0.3) is 0 Å². The van der Waals surface area contributed by atoms with Crippen molar-refractivity contribution in [1.82, 2.24) is 10.3 Å². The topological polar surface area (TPSA) is 66.5 Å². The summed E-state index contributed by atoms with van der Waals surface area (Å²) in [7, 11) is 0. The van der Waals surface area contributed by atoms with E-state index in [0.717, 1.165) is 60.7 Å². The first kappa shape index (κ1) is 17.9. The van der Waals surface area contributed by atoms with Gasteiger partial charge in [-0.15, -0.1) is 11.3 Å². The number of hydrogen-bond acceptors (Lipinski definition) is 5. The Kier molecular flexibility index (Phi) is 4.94. The van der Waals surface area contributed by atoms with Crippen LogP contribution in [0.2, 0.25) is 0 Å². The summed E-state index contributed by atoms with van der Waals surface area (Å²) >= 11 is 1.67. The Hall–Kier alpha value is -2.12. The van der Waals surface area contributed by atoms with Crippen LogP contribution in [0.15, 0.2) is 29.6 Å². The van der Waals surface area contributed by atoms with Crippen molar-refractivity contribution in [3.63, 3.8) is 0 Å². The number of morpholine rings is 1. The number of carbonyl (C=O) groups excluding carboxylic acids is 1. The minimum Gasteiger partial charge on any atom is -0.378 e. The number of urea groups is 1. The van der Waals surface area contributed by atoms with Crippen LogP contribution in [0.3, 0.4) is 0 Å². The Morgan fingerprint density at radius 1 is 1.18 bits per heavy atom. The van der Waals surface area contributed by atoms with Crippen LogP contribution in [0.25, 0.3) is 11.3 Å². The zero-order valence-electron chi connectivity index (χ0n) is 15.9. The molecule has 2 N–H and O–H groups in total. The van der Waals surface area contributed by atoms with E-state index >= 15 is 0 Å². The van der Waals surface area contributed by atoms with Crippen LogP contribution >= 0.6 is 11.3 Å². The Morgan fingerprint density at radius 2 is 2.00 bits per heavy atom. The molecule has 0 bridgehead atoms. The van der Waals surface area contributed by atoms with Crippen LogP contribution in [-0.4, -0.2) is 43.4 Å². The first-order chi connectivity index (χ1) is 13.8. The van der Waals surface area contributed by atoms with Crippen molar-refractivity contribution < 1.29 is 9.53 Å². The number of nitrogens with one attached hydrogen (secondary N) is 2. The summed E-state index contributed by atoms with van der Waals surface area (Å²) in [4.78, 5) is 19.4.